The van der Waals surface area contributed by atoms with Crippen LogP contribution in [0.2, 0.25) is 0 Å². The van der Waals surface area contributed by atoms with Crippen molar-refractivity contribution in [2.75, 3.05) is 0 Å². The average molecular weight is 355 g/mol. The molecule has 1 amide bonds. The number of carbonyl (C=O) groups is 1. The molecule has 0 unspecified atom stereocenters. The summed E-state index contributed by atoms with van der Waals surface area (Å²) in [7, 11) is 0. The first kappa shape index (κ1) is 17.0. The van der Waals surface area contributed by atoms with E-state index in [0.29, 0.717) is 23.6 Å². The number of rotatable bonds is 5. The first-order valence-electron chi connectivity index (χ1n) is 9.43. The van der Waals surface area contributed by atoms with Gasteiger partial charge in [0.25, 0.3) is 0 Å². The van der Waals surface area contributed by atoms with Crippen molar-refractivity contribution in [1.82, 2.24) is 24.9 Å². The molecule has 0 spiro atoms. The molecule has 1 aliphatic carbocycles. The molecular formula is C19H25N5O2. The van der Waals surface area contributed by atoms with Crippen molar-refractivity contribution >= 4 is 22.7 Å². The van der Waals surface area contributed by atoms with Crippen LogP contribution in [0.15, 0.2) is 10.7 Å². The summed E-state index contributed by atoms with van der Waals surface area (Å²) in [5.41, 5.74) is 2.30. The van der Waals surface area contributed by atoms with Crippen LogP contribution in [0.5, 0.6) is 0 Å². The van der Waals surface area contributed by atoms with E-state index in [9.17, 15) is 4.79 Å². The lowest BCUT2D eigenvalue weighted by atomic mass is 10.0. The molecule has 1 aliphatic rings. The molecular weight excluding hydrogens is 330 g/mol. The number of hydrogen-bond acceptors (Lipinski definition) is 5. The van der Waals surface area contributed by atoms with Crippen LogP contribution in [0, 0.1) is 19.8 Å². The van der Waals surface area contributed by atoms with Crippen LogP contribution in [-0.2, 0) is 4.79 Å². The maximum atomic E-state index is 12.3. The molecule has 3 aromatic rings. The highest BCUT2D eigenvalue weighted by atomic mass is 16.3. The number of aromatic nitrogens is 4. The molecule has 0 radical (unpaired) electrons. The zero-order valence-corrected chi connectivity index (χ0v) is 15.6. The normalized spacial score (nSPS) is 16.6. The van der Waals surface area contributed by atoms with Crippen LogP contribution in [0.25, 0.3) is 16.7 Å². The number of furan rings is 1. The second kappa shape index (κ2) is 6.70. The highest BCUT2D eigenvalue weighted by Gasteiger charge is 2.20. The number of nitrogens with zero attached hydrogens (tertiary/aromatic N) is 4. The first-order chi connectivity index (χ1) is 12.5. The lowest BCUT2D eigenvalue weighted by Gasteiger charge is -2.12. The number of hydrogen-bond donors (Lipinski definition) is 1. The molecule has 3 aromatic heterocycles. The van der Waals surface area contributed by atoms with E-state index in [4.69, 9.17) is 4.42 Å². The molecule has 1 N–H and O–H groups in total. The molecule has 0 aromatic carbocycles. The van der Waals surface area contributed by atoms with Crippen LogP contribution in [0.4, 0.5) is 0 Å². The monoisotopic (exact) mass is 355 g/mol. The molecule has 1 fully saturated rings. The van der Waals surface area contributed by atoms with E-state index in [2.05, 4.69) is 20.4 Å². The van der Waals surface area contributed by atoms with Crippen molar-refractivity contribution in [3.8, 4) is 0 Å². The lowest BCUT2D eigenvalue weighted by molar-refractivity contribution is -0.122. The van der Waals surface area contributed by atoms with E-state index in [1.165, 1.54) is 25.7 Å². The van der Waals surface area contributed by atoms with Gasteiger partial charge in [-0.05, 0) is 33.1 Å². The third-order valence-electron chi connectivity index (χ3n) is 5.54. The van der Waals surface area contributed by atoms with E-state index in [1.54, 1.807) is 10.8 Å². The average Bonchev–Trinajstić information content (AvgIpc) is 3.33. The van der Waals surface area contributed by atoms with Gasteiger partial charge in [-0.3, -0.25) is 4.79 Å². The van der Waals surface area contributed by atoms with E-state index in [0.717, 1.165) is 29.0 Å². The highest BCUT2D eigenvalue weighted by Crippen LogP contribution is 2.29. The molecule has 1 saturated carbocycles. The van der Waals surface area contributed by atoms with Gasteiger partial charge in [0, 0.05) is 12.0 Å². The second-order valence-electron chi connectivity index (χ2n) is 7.42. The van der Waals surface area contributed by atoms with Crippen molar-refractivity contribution in [1.29, 1.82) is 0 Å². The SMILES string of the molecule is Cc1oc2ncn3nc([C@@H](C)NC(=O)CCC4CCCC4)nc3c2c1C. The zero-order chi connectivity index (χ0) is 18.3. The summed E-state index contributed by atoms with van der Waals surface area (Å²) < 4.78 is 7.31. The predicted molar refractivity (Wildman–Crippen MR) is 97.8 cm³/mol. The van der Waals surface area contributed by atoms with Gasteiger partial charge in [0.15, 0.2) is 11.5 Å². The number of carbonyl (C=O) groups excluding carboxylic acids is 1. The van der Waals surface area contributed by atoms with Crippen LogP contribution >= 0.6 is 0 Å². The fourth-order valence-corrected chi connectivity index (χ4v) is 3.86. The van der Waals surface area contributed by atoms with Crippen LogP contribution in [0.1, 0.15) is 68.6 Å². The number of nitrogens with one attached hydrogen (secondary N) is 1. The number of aryl methyl sites for hydroxylation is 2. The maximum Gasteiger partial charge on any atom is 0.231 e. The molecule has 4 rings (SSSR count). The third-order valence-corrected chi connectivity index (χ3v) is 5.54. The number of fused-ring (bicyclic) bond motifs is 3. The van der Waals surface area contributed by atoms with Gasteiger partial charge in [-0.15, -0.1) is 5.10 Å². The quantitative estimate of drug-likeness (QED) is 0.755. The summed E-state index contributed by atoms with van der Waals surface area (Å²) in [6.45, 7) is 5.82. The van der Waals surface area contributed by atoms with Crippen molar-refractivity contribution in [3.63, 3.8) is 0 Å². The van der Waals surface area contributed by atoms with E-state index in [-0.39, 0.29) is 11.9 Å². The minimum absolute atomic E-state index is 0.0712. The summed E-state index contributed by atoms with van der Waals surface area (Å²) in [5, 5.41) is 8.40. The van der Waals surface area contributed by atoms with Crippen molar-refractivity contribution in [2.24, 2.45) is 5.92 Å². The highest BCUT2D eigenvalue weighted by molar-refractivity contribution is 5.91. The molecule has 0 bridgehead atoms. The molecule has 7 heteroatoms. The molecule has 26 heavy (non-hydrogen) atoms. The molecule has 0 aliphatic heterocycles. The fraction of sp³-hybridized carbons (Fsp3) is 0.579. The Balaban J connectivity index is 1.50. The van der Waals surface area contributed by atoms with Gasteiger partial charge in [0.1, 0.15) is 12.1 Å². The molecule has 138 valence electrons. The van der Waals surface area contributed by atoms with Gasteiger partial charge in [-0.1, -0.05) is 25.7 Å². The Bertz CT molecular complexity index is 952. The Morgan fingerprint density at radius 1 is 1.38 bits per heavy atom. The largest absolute Gasteiger partial charge is 0.443 e. The minimum Gasteiger partial charge on any atom is -0.443 e. The van der Waals surface area contributed by atoms with Gasteiger partial charge >= 0.3 is 0 Å². The summed E-state index contributed by atoms with van der Waals surface area (Å²) in [4.78, 5) is 21.2. The van der Waals surface area contributed by atoms with Crippen molar-refractivity contribution in [2.45, 2.75) is 65.3 Å². The smallest absolute Gasteiger partial charge is 0.231 e. The summed E-state index contributed by atoms with van der Waals surface area (Å²) in [5.74, 6) is 2.21. The summed E-state index contributed by atoms with van der Waals surface area (Å²) in [6, 6.07) is -0.241. The molecule has 7 nitrogen and oxygen atoms in total. The maximum absolute atomic E-state index is 12.3. The molecule has 1 atom stereocenters. The molecule has 0 saturated heterocycles. The second-order valence-corrected chi connectivity index (χ2v) is 7.42. The fourth-order valence-electron chi connectivity index (χ4n) is 3.86. The number of amides is 1. The minimum atomic E-state index is -0.241. The Hall–Kier alpha value is -2.44. The van der Waals surface area contributed by atoms with E-state index in [1.807, 2.05) is 20.8 Å². The van der Waals surface area contributed by atoms with Crippen molar-refractivity contribution in [3.05, 3.63) is 23.5 Å². The van der Waals surface area contributed by atoms with E-state index < -0.39 is 0 Å². The van der Waals surface area contributed by atoms with E-state index >= 15 is 0 Å². The lowest BCUT2D eigenvalue weighted by Crippen LogP contribution is -2.27. The first-order valence-corrected chi connectivity index (χ1v) is 9.43. The topological polar surface area (TPSA) is 85.3 Å². The van der Waals surface area contributed by atoms with Gasteiger partial charge in [-0.2, -0.15) is 0 Å². The van der Waals surface area contributed by atoms with Gasteiger partial charge in [0.2, 0.25) is 11.6 Å². The Morgan fingerprint density at radius 3 is 2.92 bits per heavy atom. The van der Waals surface area contributed by atoms with Crippen LogP contribution in [0.3, 0.4) is 0 Å². The third kappa shape index (κ3) is 3.06. The van der Waals surface area contributed by atoms with Gasteiger partial charge < -0.3 is 9.73 Å². The zero-order valence-electron chi connectivity index (χ0n) is 15.6. The Morgan fingerprint density at radius 2 is 2.15 bits per heavy atom. The summed E-state index contributed by atoms with van der Waals surface area (Å²) >= 11 is 0. The van der Waals surface area contributed by atoms with Crippen LogP contribution in [-0.4, -0.2) is 25.5 Å². The molecule has 3 heterocycles. The Kier molecular flexibility index (Phi) is 4.38. The van der Waals surface area contributed by atoms with Crippen LogP contribution < -0.4 is 5.32 Å². The van der Waals surface area contributed by atoms with Gasteiger partial charge in [-0.25, -0.2) is 14.5 Å². The summed E-state index contributed by atoms with van der Waals surface area (Å²) in [6.07, 6.45) is 8.31. The van der Waals surface area contributed by atoms with Gasteiger partial charge in [0.05, 0.1) is 11.4 Å². The predicted octanol–water partition coefficient (Wildman–Crippen LogP) is 3.63. The standard InChI is InChI=1S/C19H25N5O2/c1-11-13(3)26-19-16(11)18-22-17(23-24(18)10-20-19)12(2)21-15(25)9-8-14-6-4-5-7-14/h10,12,14H,4-9H2,1-3H3,(H,21,25)/t12-/m1/s1. The van der Waals surface area contributed by atoms with Crippen molar-refractivity contribution < 1.29 is 9.21 Å². The Labute approximate surface area is 152 Å².